The molecule has 1 aliphatic heterocycles. The van der Waals surface area contributed by atoms with Crippen LogP contribution in [0.4, 0.5) is 0 Å². The first-order valence-corrected chi connectivity index (χ1v) is 7.68. The lowest BCUT2D eigenvalue weighted by atomic mass is 9.81. The molecule has 104 valence electrons. The van der Waals surface area contributed by atoms with Gasteiger partial charge in [0.05, 0.1) is 6.04 Å². The van der Waals surface area contributed by atoms with Crippen LogP contribution < -0.4 is 10.6 Å². The Balaban J connectivity index is 1.64. The normalized spacial score (nSPS) is 36.6. The number of carbonyl (C=O) groups is 1. The van der Waals surface area contributed by atoms with Gasteiger partial charge in [-0.2, -0.15) is 0 Å². The van der Waals surface area contributed by atoms with Gasteiger partial charge in [-0.05, 0) is 43.6 Å². The monoisotopic (exact) mass is 252 g/mol. The summed E-state index contributed by atoms with van der Waals surface area (Å²) in [5.41, 5.74) is 0. The average Bonchev–Trinajstić information content (AvgIpc) is 2.75. The second-order valence-electron chi connectivity index (χ2n) is 6.42. The molecule has 3 nitrogen and oxygen atoms in total. The Labute approximate surface area is 111 Å². The highest BCUT2D eigenvalue weighted by molar-refractivity contribution is 5.82. The third-order valence-electron chi connectivity index (χ3n) is 4.71. The zero-order valence-electron chi connectivity index (χ0n) is 11.9. The molecule has 4 atom stereocenters. The zero-order valence-corrected chi connectivity index (χ0v) is 11.9. The van der Waals surface area contributed by atoms with E-state index in [1.165, 1.54) is 25.7 Å². The van der Waals surface area contributed by atoms with E-state index in [0.717, 1.165) is 37.8 Å². The molecule has 18 heavy (non-hydrogen) atoms. The third-order valence-corrected chi connectivity index (χ3v) is 4.71. The van der Waals surface area contributed by atoms with Crippen LogP contribution >= 0.6 is 0 Å². The molecule has 2 rings (SSSR count). The van der Waals surface area contributed by atoms with E-state index in [4.69, 9.17) is 0 Å². The van der Waals surface area contributed by atoms with E-state index < -0.39 is 0 Å². The molecule has 1 aliphatic carbocycles. The maximum Gasteiger partial charge on any atom is 0.237 e. The summed E-state index contributed by atoms with van der Waals surface area (Å²) in [6.45, 7) is 6.36. The van der Waals surface area contributed by atoms with E-state index in [-0.39, 0.29) is 11.9 Å². The van der Waals surface area contributed by atoms with Crippen LogP contribution in [0.2, 0.25) is 0 Å². The molecule has 4 unspecified atom stereocenters. The van der Waals surface area contributed by atoms with Gasteiger partial charge in [-0.15, -0.1) is 0 Å². The molecule has 2 N–H and O–H groups in total. The smallest absolute Gasteiger partial charge is 0.237 e. The topological polar surface area (TPSA) is 41.1 Å². The molecule has 2 aliphatic rings. The molecular formula is C15H28N2O. The minimum Gasteiger partial charge on any atom is -0.355 e. The van der Waals surface area contributed by atoms with Gasteiger partial charge in [0.2, 0.25) is 5.91 Å². The number of carbonyl (C=O) groups excluding carboxylic acids is 1. The van der Waals surface area contributed by atoms with Gasteiger partial charge in [0, 0.05) is 6.54 Å². The van der Waals surface area contributed by atoms with Crippen molar-refractivity contribution in [2.24, 2.45) is 17.8 Å². The number of nitrogens with one attached hydrogen (secondary N) is 2. The predicted octanol–water partition coefficient (Wildman–Crippen LogP) is 2.32. The largest absolute Gasteiger partial charge is 0.355 e. The fourth-order valence-corrected chi connectivity index (χ4v) is 3.52. The molecule has 1 heterocycles. The Morgan fingerprint density at radius 3 is 2.78 bits per heavy atom. The summed E-state index contributed by atoms with van der Waals surface area (Å²) in [6.07, 6.45) is 7.77. The van der Waals surface area contributed by atoms with Gasteiger partial charge < -0.3 is 10.6 Å². The first-order chi connectivity index (χ1) is 8.66. The van der Waals surface area contributed by atoms with E-state index in [0.29, 0.717) is 5.92 Å². The summed E-state index contributed by atoms with van der Waals surface area (Å²) in [7, 11) is 0. The molecule has 1 saturated carbocycles. The van der Waals surface area contributed by atoms with Gasteiger partial charge in [0.1, 0.15) is 0 Å². The van der Waals surface area contributed by atoms with Crippen LogP contribution in [0.15, 0.2) is 0 Å². The summed E-state index contributed by atoms with van der Waals surface area (Å²) in [5, 5.41) is 6.41. The lowest BCUT2D eigenvalue weighted by molar-refractivity contribution is -0.123. The van der Waals surface area contributed by atoms with Crippen molar-refractivity contribution in [3.63, 3.8) is 0 Å². The van der Waals surface area contributed by atoms with E-state index >= 15 is 0 Å². The highest BCUT2D eigenvalue weighted by Gasteiger charge is 2.29. The Morgan fingerprint density at radius 2 is 2.11 bits per heavy atom. The summed E-state index contributed by atoms with van der Waals surface area (Å²) in [4.78, 5) is 12.0. The van der Waals surface area contributed by atoms with Crippen molar-refractivity contribution in [1.29, 1.82) is 0 Å². The second kappa shape index (κ2) is 6.55. The molecule has 2 fully saturated rings. The van der Waals surface area contributed by atoms with Crippen LogP contribution in [0.1, 0.15) is 52.4 Å². The SMILES string of the molecule is CC1CCCC(CCNC(=O)C2NCCC2C)C1. The fraction of sp³-hybridized carbons (Fsp3) is 0.933. The number of rotatable bonds is 4. The molecule has 1 saturated heterocycles. The minimum absolute atomic E-state index is 0.0512. The van der Waals surface area contributed by atoms with Crippen LogP contribution in [0.3, 0.4) is 0 Å². The second-order valence-corrected chi connectivity index (χ2v) is 6.42. The van der Waals surface area contributed by atoms with E-state index in [9.17, 15) is 4.79 Å². The Kier molecular flexibility index (Phi) is 5.04. The Morgan fingerprint density at radius 1 is 1.28 bits per heavy atom. The molecule has 3 heteroatoms. The van der Waals surface area contributed by atoms with Gasteiger partial charge in [0.15, 0.2) is 0 Å². The van der Waals surface area contributed by atoms with Crippen molar-refractivity contribution >= 4 is 5.91 Å². The van der Waals surface area contributed by atoms with Crippen LogP contribution in [0.5, 0.6) is 0 Å². The van der Waals surface area contributed by atoms with Crippen molar-refractivity contribution in [2.45, 2.75) is 58.4 Å². The maximum absolute atomic E-state index is 12.0. The Hall–Kier alpha value is -0.570. The van der Waals surface area contributed by atoms with Crippen LogP contribution in [0.25, 0.3) is 0 Å². The van der Waals surface area contributed by atoms with Gasteiger partial charge in [-0.1, -0.05) is 33.1 Å². The quantitative estimate of drug-likeness (QED) is 0.806. The summed E-state index contributed by atoms with van der Waals surface area (Å²) < 4.78 is 0. The highest BCUT2D eigenvalue weighted by atomic mass is 16.2. The van der Waals surface area contributed by atoms with Gasteiger partial charge in [-0.3, -0.25) is 4.79 Å². The van der Waals surface area contributed by atoms with Crippen molar-refractivity contribution in [3.8, 4) is 0 Å². The molecule has 0 aromatic rings. The minimum atomic E-state index is 0.0512. The third kappa shape index (κ3) is 3.71. The molecule has 0 radical (unpaired) electrons. The van der Waals surface area contributed by atoms with Crippen molar-refractivity contribution < 1.29 is 4.79 Å². The molecule has 0 aromatic heterocycles. The van der Waals surface area contributed by atoms with Crippen LogP contribution in [-0.2, 0) is 4.79 Å². The van der Waals surface area contributed by atoms with E-state index in [1.54, 1.807) is 0 Å². The number of amides is 1. The van der Waals surface area contributed by atoms with Crippen molar-refractivity contribution in [3.05, 3.63) is 0 Å². The Bertz CT molecular complexity index is 280. The molecule has 0 aromatic carbocycles. The lowest BCUT2D eigenvalue weighted by Gasteiger charge is -2.27. The number of hydrogen-bond donors (Lipinski definition) is 2. The summed E-state index contributed by atoms with van der Waals surface area (Å²) >= 11 is 0. The first-order valence-electron chi connectivity index (χ1n) is 7.68. The number of hydrogen-bond acceptors (Lipinski definition) is 2. The molecule has 1 amide bonds. The van der Waals surface area contributed by atoms with Crippen LogP contribution in [-0.4, -0.2) is 25.0 Å². The fourth-order valence-electron chi connectivity index (χ4n) is 3.52. The van der Waals surface area contributed by atoms with Crippen LogP contribution in [0, 0.1) is 17.8 Å². The first kappa shape index (κ1) is 13.9. The van der Waals surface area contributed by atoms with Crippen molar-refractivity contribution in [2.75, 3.05) is 13.1 Å². The van der Waals surface area contributed by atoms with Gasteiger partial charge in [-0.25, -0.2) is 0 Å². The highest BCUT2D eigenvalue weighted by Crippen LogP contribution is 2.30. The molecule has 0 spiro atoms. The summed E-state index contributed by atoms with van der Waals surface area (Å²) in [5.74, 6) is 2.42. The molecular weight excluding hydrogens is 224 g/mol. The van der Waals surface area contributed by atoms with E-state index in [1.807, 2.05) is 0 Å². The standard InChI is InChI=1S/C15H28N2O/c1-11-4-3-5-13(10-11)7-9-17-15(18)14-12(2)6-8-16-14/h11-14,16H,3-10H2,1-2H3,(H,17,18). The average molecular weight is 252 g/mol. The predicted molar refractivity (Wildman–Crippen MR) is 74.3 cm³/mol. The summed E-state index contributed by atoms with van der Waals surface area (Å²) in [6, 6.07) is 0.0512. The van der Waals surface area contributed by atoms with Gasteiger partial charge >= 0.3 is 0 Å². The zero-order chi connectivity index (χ0) is 13.0. The maximum atomic E-state index is 12.0. The van der Waals surface area contributed by atoms with Gasteiger partial charge in [0.25, 0.3) is 0 Å². The van der Waals surface area contributed by atoms with E-state index in [2.05, 4.69) is 24.5 Å². The molecule has 0 bridgehead atoms. The van der Waals surface area contributed by atoms with Crippen molar-refractivity contribution in [1.82, 2.24) is 10.6 Å². The lowest BCUT2D eigenvalue weighted by Crippen LogP contribution is -2.43.